The molecule has 1 unspecified atom stereocenters. The minimum absolute atomic E-state index is 0.129. The Hall–Kier alpha value is -2.48. The van der Waals surface area contributed by atoms with Crippen LogP contribution in [-0.2, 0) is 6.54 Å². The lowest BCUT2D eigenvalue weighted by molar-refractivity contribution is 0.0990. The van der Waals surface area contributed by atoms with E-state index in [0.29, 0.717) is 17.6 Å². The van der Waals surface area contributed by atoms with Crippen LogP contribution >= 0.6 is 11.8 Å². The largest absolute Gasteiger partial charge is 0.467 e. The van der Waals surface area contributed by atoms with Gasteiger partial charge in [0.15, 0.2) is 10.9 Å². The second-order valence-electron chi connectivity index (χ2n) is 6.53. The molecule has 5 nitrogen and oxygen atoms in total. The fourth-order valence-corrected chi connectivity index (χ4v) is 3.78. The Bertz CT molecular complexity index is 968. The van der Waals surface area contributed by atoms with Crippen molar-refractivity contribution in [1.29, 1.82) is 0 Å². The van der Waals surface area contributed by atoms with Gasteiger partial charge < -0.3 is 4.42 Å². The molecule has 1 fully saturated rings. The van der Waals surface area contributed by atoms with E-state index in [4.69, 9.17) is 4.42 Å². The Kier molecular flexibility index (Phi) is 4.82. The van der Waals surface area contributed by atoms with Gasteiger partial charge in [0, 0.05) is 12.0 Å². The summed E-state index contributed by atoms with van der Waals surface area (Å²) in [5, 5.41) is 8.51. The third-order valence-electron chi connectivity index (χ3n) is 4.43. The first-order valence-electron chi connectivity index (χ1n) is 8.64. The predicted octanol–water partition coefficient (Wildman–Crippen LogP) is 4.44. The van der Waals surface area contributed by atoms with Crippen LogP contribution in [0.1, 0.15) is 47.6 Å². The van der Waals surface area contributed by atoms with Crippen LogP contribution in [0.2, 0.25) is 0 Å². The molecule has 1 saturated carbocycles. The first-order chi connectivity index (χ1) is 13.0. The summed E-state index contributed by atoms with van der Waals surface area (Å²) in [6, 6.07) is 6.65. The monoisotopic (exact) mass is 389 g/mol. The molecule has 2 heterocycles. The van der Waals surface area contributed by atoms with Crippen molar-refractivity contribution in [2.45, 2.75) is 42.6 Å². The summed E-state index contributed by atoms with van der Waals surface area (Å²) in [5.41, 5.74) is -0.129. The van der Waals surface area contributed by atoms with Gasteiger partial charge in [-0.2, -0.15) is 0 Å². The van der Waals surface area contributed by atoms with Gasteiger partial charge in [-0.05, 0) is 44.0 Å². The molecule has 140 valence electrons. The Morgan fingerprint density at radius 3 is 2.81 bits per heavy atom. The Balaban J connectivity index is 1.57. The molecule has 3 aromatic rings. The number of Topliss-reactive ketones (excluding diaryl/α,β-unsaturated/α-hetero) is 1. The number of halogens is 2. The minimum Gasteiger partial charge on any atom is -0.467 e. The molecule has 0 radical (unpaired) electrons. The van der Waals surface area contributed by atoms with E-state index in [9.17, 15) is 13.6 Å². The first kappa shape index (κ1) is 17.9. The van der Waals surface area contributed by atoms with E-state index < -0.39 is 22.7 Å². The van der Waals surface area contributed by atoms with Gasteiger partial charge in [-0.15, -0.1) is 10.2 Å². The van der Waals surface area contributed by atoms with E-state index in [1.54, 1.807) is 13.2 Å². The maximum atomic E-state index is 13.9. The lowest BCUT2D eigenvalue weighted by Crippen LogP contribution is -2.17. The lowest BCUT2D eigenvalue weighted by atomic mass is 10.1. The molecule has 1 aliphatic carbocycles. The van der Waals surface area contributed by atoms with Gasteiger partial charge in [-0.25, -0.2) is 8.78 Å². The lowest BCUT2D eigenvalue weighted by Gasteiger charge is -2.12. The molecule has 4 rings (SSSR count). The van der Waals surface area contributed by atoms with Crippen molar-refractivity contribution in [3.63, 3.8) is 0 Å². The van der Waals surface area contributed by atoms with Crippen molar-refractivity contribution >= 4 is 17.5 Å². The van der Waals surface area contributed by atoms with Crippen molar-refractivity contribution < 1.29 is 18.0 Å². The van der Waals surface area contributed by atoms with Crippen molar-refractivity contribution in [2.24, 2.45) is 0 Å². The summed E-state index contributed by atoms with van der Waals surface area (Å²) >= 11 is 1.21. The van der Waals surface area contributed by atoms with Crippen LogP contribution in [0.5, 0.6) is 0 Å². The number of thioether (sulfide) groups is 1. The van der Waals surface area contributed by atoms with E-state index in [1.165, 1.54) is 17.8 Å². The average Bonchev–Trinajstić information content (AvgIpc) is 3.21. The maximum absolute atomic E-state index is 13.9. The van der Waals surface area contributed by atoms with Gasteiger partial charge >= 0.3 is 0 Å². The molecule has 2 aromatic heterocycles. The number of rotatable bonds is 7. The molecule has 0 spiro atoms. The quantitative estimate of drug-likeness (QED) is 0.442. The number of hydrogen-bond acceptors (Lipinski definition) is 5. The summed E-state index contributed by atoms with van der Waals surface area (Å²) in [6.07, 6.45) is 3.74. The number of aromatic nitrogens is 3. The van der Waals surface area contributed by atoms with Gasteiger partial charge in [0.25, 0.3) is 0 Å². The molecular weight excluding hydrogens is 372 g/mol. The SMILES string of the molecule is CC(Sc1nnc(C2CC2)n1Cc1ccco1)C(=O)c1ccc(F)cc1F. The number of hydrogen-bond donors (Lipinski definition) is 0. The Labute approximate surface area is 158 Å². The molecule has 1 aliphatic rings. The van der Waals surface area contributed by atoms with Crippen LogP contribution in [-0.4, -0.2) is 25.8 Å². The van der Waals surface area contributed by atoms with Crippen LogP contribution in [0.3, 0.4) is 0 Å². The second-order valence-corrected chi connectivity index (χ2v) is 7.84. The highest BCUT2D eigenvalue weighted by Crippen LogP contribution is 2.40. The Morgan fingerprint density at radius 1 is 1.33 bits per heavy atom. The molecule has 0 aliphatic heterocycles. The average molecular weight is 389 g/mol. The standard InChI is InChI=1S/C19H17F2N3O2S/c1-11(17(25)15-7-6-13(20)9-16(15)21)27-19-23-22-18(12-4-5-12)24(19)10-14-3-2-8-26-14/h2-3,6-9,11-12H,4-5,10H2,1H3. The summed E-state index contributed by atoms with van der Waals surface area (Å²) in [6.45, 7) is 2.15. The number of carbonyl (C=O) groups is 1. The number of ketones is 1. The normalized spacial score (nSPS) is 15.1. The van der Waals surface area contributed by atoms with E-state index in [0.717, 1.165) is 36.6 Å². The highest BCUT2D eigenvalue weighted by molar-refractivity contribution is 8.00. The second kappa shape index (κ2) is 7.26. The fourth-order valence-electron chi connectivity index (χ4n) is 2.86. The molecule has 0 N–H and O–H groups in total. The fraction of sp³-hybridized carbons (Fsp3) is 0.316. The van der Waals surface area contributed by atoms with E-state index >= 15 is 0 Å². The summed E-state index contributed by atoms with van der Waals surface area (Å²) < 4.78 is 34.4. The van der Waals surface area contributed by atoms with Crippen molar-refractivity contribution in [3.8, 4) is 0 Å². The number of carbonyl (C=O) groups excluding carboxylic acids is 1. The van der Waals surface area contributed by atoms with Gasteiger partial charge in [0.2, 0.25) is 0 Å². The number of nitrogens with zero attached hydrogens (tertiary/aromatic N) is 3. The third-order valence-corrected chi connectivity index (χ3v) is 5.51. The first-order valence-corrected chi connectivity index (χ1v) is 9.52. The van der Waals surface area contributed by atoms with E-state index in [1.807, 2.05) is 16.7 Å². The molecule has 8 heteroatoms. The number of benzene rings is 1. The number of furan rings is 1. The Morgan fingerprint density at radius 2 is 2.15 bits per heavy atom. The van der Waals surface area contributed by atoms with Gasteiger partial charge in [-0.1, -0.05) is 11.8 Å². The van der Waals surface area contributed by atoms with Crippen molar-refractivity contribution in [1.82, 2.24) is 14.8 Å². The zero-order valence-corrected chi connectivity index (χ0v) is 15.4. The van der Waals surface area contributed by atoms with Gasteiger partial charge in [-0.3, -0.25) is 9.36 Å². The molecule has 0 amide bonds. The van der Waals surface area contributed by atoms with Crippen molar-refractivity contribution in [2.75, 3.05) is 0 Å². The zero-order valence-electron chi connectivity index (χ0n) is 14.6. The molecule has 27 heavy (non-hydrogen) atoms. The van der Waals surface area contributed by atoms with Crippen LogP contribution in [0.4, 0.5) is 8.78 Å². The molecular formula is C19H17F2N3O2S. The molecule has 0 saturated heterocycles. The van der Waals surface area contributed by atoms with Crippen LogP contribution in [0.25, 0.3) is 0 Å². The van der Waals surface area contributed by atoms with Crippen LogP contribution < -0.4 is 0 Å². The van der Waals surface area contributed by atoms with Crippen LogP contribution in [0.15, 0.2) is 46.2 Å². The predicted molar refractivity (Wildman–Crippen MR) is 95.8 cm³/mol. The van der Waals surface area contributed by atoms with Gasteiger partial charge in [0.1, 0.15) is 23.2 Å². The summed E-state index contributed by atoms with van der Waals surface area (Å²) in [4.78, 5) is 12.6. The van der Waals surface area contributed by atoms with Crippen LogP contribution in [0, 0.1) is 11.6 Å². The highest BCUT2D eigenvalue weighted by Gasteiger charge is 2.32. The third kappa shape index (κ3) is 3.80. The minimum atomic E-state index is -0.858. The molecule has 1 aromatic carbocycles. The topological polar surface area (TPSA) is 60.9 Å². The molecule has 0 bridgehead atoms. The van der Waals surface area contributed by atoms with Crippen molar-refractivity contribution in [3.05, 3.63) is 65.4 Å². The maximum Gasteiger partial charge on any atom is 0.192 e. The van der Waals surface area contributed by atoms with E-state index in [-0.39, 0.29) is 5.56 Å². The highest BCUT2D eigenvalue weighted by atomic mass is 32.2. The van der Waals surface area contributed by atoms with E-state index in [2.05, 4.69) is 10.2 Å². The summed E-state index contributed by atoms with van der Waals surface area (Å²) in [7, 11) is 0. The summed E-state index contributed by atoms with van der Waals surface area (Å²) in [5.74, 6) is 0.0313. The molecule has 1 atom stereocenters. The smallest absolute Gasteiger partial charge is 0.192 e. The zero-order chi connectivity index (χ0) is 19.0. The van der Waals surface area contributed by atoms with Gasteiger partial charge in [0.05, 0.1) is 23.6 Å².